The summed E-state index contributed by atoms with van der Waals surface area (Å²) in [6, 6.07) is 8.70. The van der Waals surface area contributed by atoms with Gasteiger partial charge in [-0.25, -0.2) is 0 Å². The van der Waals surface area contributed by atoms with Crippen molar-refractivity contribution in [1.82, 2.24) is 0 Å². The Kier molecular flexibility index (Phi) is 6.62. The van der Waals surface area contributed by atoms with E-state index in [0.717, 1.165) is 17.8 Å². The van der Waals surface area contributed by atoms with Gasteiger partial charge in [-0.15, -0.1) is 0 Å². The molecule has 0 saturated carbocycles. The molecule has 0 radical (unpaired) electrons. The number of benzene rings is 2. The predicted octanol–water partition coefficient (Wildman–Crippen LogP) is 6.94. The van der Waals surface area contributed by atoms with Crippen LogP contribution in [-0.4, -0.2) is 0 Å². The molecule has 0 amide bonds. The van der Waals surface area contributed by atoms with Gasteiger partial charge in [-0.3, -0.25) is 0 Å². The first-order valence-corrected chi connectivity index (χ1v) is 10.4. The van der Waals surface area contributed by atoms with Crippen molar-refractivity contribution in [3.8, 4) is 0 Å². The minimum absolute atomic E-state index is 0.444. The van der Waals surface area contributed by atoms with Crippen LogP contribution in [0.15, 0.2) is 24.3 Å². The molecule has 0 fully saturated rings. The Hall–Kier alpha value is -1.96. The van der Waals surface area contributed by atoms with E-state index in [2.05, 4.69) is 79.7 Å². The molecule has 2 rings (SSSR count). The smallest absolute Gasteiger partial charge is 0.0319 e. The molecule has 148 valence electrons. The van der Waals surface area contributed by atoms with Gasteiger partial charge in [-0.1, -0.05) is 55.4 Å². The Morgan fingerprint density at radius 1 is 0.519 bits per heavy atom. The van der Waals surface area contributed by atoms with Crippen LogP contribution in [0.2, 0.25) is 0 Å². The van der Waals surface area contributed by atoms with Gasteiger partial charge < -0.3 is 11.5 Å². The third kappa shape index (κ3) is 4.66. The van der Waals surface area contributed by atoms with Crippen molar-refractivity contribution in [3.63, 3.8) is 0 Å². The average Bonchev–Trinajstić information content (AvgIpc) is 2.55. The molecule has 4 N–H and O–H groups in total. The zero-order valence-corrected chi connectivity index (χ0v) is 18.5. The van der Waals surface area contributed by atoms with E-state index in [0.29, 0.717) is 23.7 Å². The van der Waals surface area contributed by atoms with Crippen molar-refractivity contribution < 1.29 is 0 Å². The van der Waals surface area contributed by atoms with Gasteiger partial charge in [0.25, 0.3) is 0 Å². The van der Waals surface area contributed by atoms with Crippen molar-refractivity contribution >= 4 is 11.4 Å². The van der Waals surface area contributed by atoms with E-state index in [1.807, 2.05) is 0 Å². The highest BCUT2D eigenvalue weighted by molar-refractivity contribution is 5.57. The monoisotopic (exact) mass is 366 g/mol. The van der Waals surface area contributed by atoms with Crippen LogP contribution in [0.1, 0.15) is 112 Å². The number of nitrogens with two attached hydrogens (primary N) is 2. The molecule has 0 aliphatic rings. The Balaban J connectivity index is 2.77. The van der Waals surface area contributed by atoms with Crippen LogP contribution in [0.25, 0.3) is 0 Å². The summed E-state index contributed by atoms with van der Waals surface area (Å²) in [7, 11) is 0. The molecule has 27 heavy (non-hydrogen) atoms. The number of anilines is 2. The first-order chi connectivity index (χ1) is 12.5. The third-order valence-corrected chi connectivity index (χ3v) is 5.52. The summed E-state index contributed by atoms with van der Waals surface area (Å²) in [5.74, 6) is 1.78. The molecule has 0 aromatic heterocycles. The maximum atomic E-state index is 6.26. The molecule has 2 aromatic rings. The van der Waals surface area contributed by atoms with E-state index < -0.39 is 0 Å². The van der Waals surface area contributed by atoms with Crippen LogP contribution < -0.4 is 11.5 Å². The van der Waals surface area contributed by atoms with Crippen molar-refractivity contribution in [3.05, 3.63) is 57.6 Å². The maximum Gasteiger partial charge on any atom is 0.0319 e. The first-order valence-electron chi connectivity index (χ1n) is 10.4. The highest BCUT2D eigenvalue weighted by atomic mass is 14.6. The van der Waals surface area contributed by atoms with Gasteiger partial charge in [0.05, 0.1) is 0 Å². The SMILES string of the molecule is CC(C)c1cc(N)cc(C(C)C)c1Cc1c(C(C)C)cc(N)cc1C(C)C. The fourth-order valence-electron chi connectivity index (χ4n) is 4.13. The number of hydrogen-bond donors (Lipinski definition) is 2. The second-order valence-corrected chi connectivity index (χ2v) is 9.15. The molecule has 0 bridgehead atoms. The van der Waals surface area contributed by atoms with Crippen LogP contribution in [-0.2, 0) is 6.42 Å². The van der Waals surface area contributed by atoms with Crippen LogP contribution in [0.3, 0.4) is 0 Å². The Morgan fingerprint density at radius 3 is 0.926 bits per heavy atom. The van der Waals surface area contributed by atoms with E-state index in [1.54, 1.807) is 0 Å². The number of nitrogen functional groups attached to an aromatic ring is 2. The fourth-order valence-corrected chi connectivity index (χ4v) is 4.13. The van der Waals surface area contributed by atoms with Gasteiger partial charge in [0, 0.05) is 11.4 Å². The van der Waals surface area contributed by atoms with Gasteiger partial charge in [-0.2, -0.15) is 0 Å². The molecule has 0 aliphatic heterocycles. The second-order valence-electron chi connectivity index (χ2n) is 9.15. The molecule has 0 saturated heterocycles. The summed E-state index contributed by atoms with van der Waals surface area (Å²) in [4.78, 5) is 0. The average molecular weight is 367 g/mol. The van der Waals surface area contributed by atoms with E-state index in [-0.39, 0.29) is 0 Å². The van der Waals surface area contributed by atoms with Gasteiger partial charge in [-0.05, 0) is 87.7 Å². The molecular weight excluding hydrogens is 328 g/mol. The summed E-state index contributed by atoms with van der Waals surface area (Å²) in [6.45, 7) is 18.1. The van der Waals surface area contributed by atoms with Crippen molar-refractivity contribution in [2.75, 3.05) is 11.5 Å². The lowest BCUT2D eigenvalue weighted by molar-refractivity contribution is 0.781. The highest BCUT2D eigenvalue weighted by Crippen LogP contribution is 2.37. The quantitative estimate of drug-likeness (QED) is 0.544. The van der Waals surface area contributed by atoms with Crippen LogP contribution in [0.4, 0.5) is 11.4 Å². The van der Waals surface area contributed by atoms with Crippen LogP contribution >= 0.6 is 0 Å². The minimum atomic E-state index is 0.444. The zero-order chi connectivity index (χ0) is 20.5. The second kappa shape index (κ2) is 8.37. The van der Waals surface area contributed by atoms with Gasteiger partial charge in [0.2, 0.25) is 0 Å². The predicted molar refractivity (Wildman–Crippen MR) is 121 cm³/mol. The largest absolute Gasteiger partial charge is 0.399 e. The molecule has 0 heterocycles. The van der Waals surface area contributed by atoms with Crippen molar-refractivity contribution in [2.45, 2.75) is 85.5 Å². The summed E-state index contributed by atoms with van der Waals surface area (Å²) >= 11 is 0. The van der Waals surface area contributed by atoms with Crippen LogP contribution in [0.5, 0.6) is 0 Å². The molecule has 2 heteroatoms. The molecule has 0 aliphatic carbocycles. The van der Waals surface area contributed by atoms with Crippen LogP contribution in [0, 0.1) is 0 Å². The topological polar surface area (TPSA) is 52.0 Å². The Labute approximate surface area is 166 Å². The fraction of sp³-hybridized carbons (Fsp3) is 0.520. The summed E-state index contributed by atoms with van der Waals surface area (Å²) in [6.07, 6.45) is 0.947. The van der Waals surface area contributed by atoms with Gasteiger partial charge >= 0.3 is 0 Å². The van der Waals surface area contributed by atoms with E-state index in [4.69, 9.17) is 11.5 Å². The van der Waals surface area contributed by atoms with Gasteiger partial charge in [0.1, 0.15) is 0 Å². The molecule has 2 nitrogen and oxygen atoms in total. The van der Waals surface area contributed by atoms with E-state index in [1.165, 1.54) is 33.4 Å². The molecule has 0 unspecified atom stereocenters. The van der Waals surface area contributed by atoms with Gasteiger partial charge in [0.15, 0.2) is 0 Å². The number of rotatable bonds is 6. The van der Waals surface area contributed by atoms with E-state index in [9.17, 15) is 0 Å². The molecule has 0 atom stereocenters. The highest BCUT2D eigenvalue weighted by Gasteiger charge is 2.21. The van der Waals surface area contributed by atoms with E-state index >= 15 is 0 Å². The number of hydrogen-bond acceptors (Lipinski definition) is 2. The Morgan fingerprint density at radius 2 is 0.741 bits per heavy atom. The Bertz CT molecular complexity index is 672. The molecule has 2 aromatic carbocycles. The van der Waals surface area contributed by atoms with Crippen molar-refractivity contribution in [1.29, 1.82) is 0 Å². The normalized spacial score (nSPS) is 12.0. The summed E-state index contributed by atoms with van der Waals surface area (Å²) in [5, 5.41) is 0. The zero-order valence-electron chi connectivity index (χ0n) is 18.5. The maximum absolute atomic E-state index is 6.26. The molecule has 0 spiro atoms. The molecular formula is C25H38N2. The lowest BCUT2D eigenvalue weighted by Crippen LogP contribution is -2.11. The van der Waals surface area contributed by atoms with Crippen molar-refractivity contribution in [2.24, 2.45) is 0 Å². The lowest BCUT2D eigenvalue weighted by atomic mass is 9.80. The minimum Gasteiger partial charge on any atom is -0.399 e. The first kappa shape index (κ1) is 21.3. The summed E-state index contributed by atoms with van der Waals surface area (Å²) in [5.41, 5.74) is 22.7. The standard InChI is InChI=1S/C25H38N2/c1-14(2)20-9-18(26)10-21(15(3)4)24(20)13-25-22(16(5)6)11-19(27)12-23(25)17(7)8/h9-12,14-17H,13,26-27H2,1-8H3. The third-order valence-electron chi connectivity index (χ3n) is 5.52. The summed E-state index contributed by atoms with van der Waals surface area (Å²) < 4.78 is 0. The lowest BCUT2D eigenvalue weighted by Gasteiger charge is -2.25.